The zero-order valence-corrected chi connectivity index (χ0v) is 12.3. The highest BCUT2D eigenvalue weighted by atomic mass is 35.5. The van der Waals surface area contributed by atoms with Gasteiger partial charge in [-0.25, -0.2) is 4.39 Å². The van der Waals surface area contributed by atoms with Crippen molar-refractivity contribution >= 4 is 29.3 Å². The van der Waals surface area contributed by atoms with Gasteiger partial charge in [0.2, 0.25) is 5.91 Å². The second-order valence-electron chi connectivity index (χ2n) is 4.51. The minimum Gasteiger partial charge on any atom is -0.346 e. The Morgan fingerprint density at radius 2 is 1.86 bits per heavy atom. The van der Waals surface area contributed by atoms with Crippen LogP contribution in [0.2, 0.25) is 5.02 Å². The molecule has 0 aromatic heterocycles. The summed E-state index contributed by atoms with van der Waals surface area (Å²) < 4.78 is 13.5. The number of halogens is 2. The first kappa shape index (κ1) is 16.9. The van der Waals surface area contributed by atoms with Crippen molar-refractivity contribution in [2.45, 2.75) is 26.3 Å². The van der Waals surface area contributed by atoms with Gasteiger partial charge in [0.25, 0.3) is 0 Å². The Kier molecular flexibility index (Phi) is 6.10. The quantitative estimate of drug-likeness (QED) is 0.566. The van der Waals surface area contributed by atoms with Gasteiger partial charge in [-0.15, -0.1) is 0 Å². The Bertz CT molecular complexity index is 543. The Morgan fingerprint density at radius 1 is 1.19 bits per heavy atom. The van der Waals surface area contributed by atoms with Gasteiger partial charge >= 0.3 is 11.8 Å². The zero-order chi connectivity index (χ0) is 16.0. The summed E-state index contributed by atoms with van der Waals surface area (Å²) in [6, 6.07) is 3.82. The second kappa shape index (κ2) is 7.58. The molecular formula is C13H15ClFN3O3. The summed E-state index contributed by atoms with van der Waals surface area (Å²) in [6.07, 6.45) is -0.364. The molecule has 0 bridgehead atoms. The Morgan fingerprint density at radius 3 is 2.43 bits per heavy atom. The van der Waals surface area contributed by atoms with Crippen LogP contribution in [-0.2, 0) is 20.8 Å². The lowest BCUT2D eigenvalue weighted by atomic mass is 10.1. The number of rotatable bonds is 3. The summed E-state index contributed by atoms with van der Waals surface area (Å²) in [5.74, 6) is -3.22. The number of carbonyl (C=O) groups is 3. The van der Waals surface area contributed by atoms with Crippen molar-refractivity contribution in [2.75, 3.05) is 0 Å². The molecular weight excluding hydrogens is 301 g/mol. The highest BCUT2D eigenvalue weighted by Gasteiger charge is 2.16. The normalized spacial score (nSPS) is 10.1. The molecule has 0 spiro atoms. The van der Waals surface area contributed by atoms with Crippen molar-refractivity contribution in [1.82, 2.24) is 16.2 Å². The Labute approximate surface area is 126 Å². The number of carbonyl (C=O) groups excluding carboxylic acids is 3. The molecule has 0 saturated heterocycles. The van der Waals surface area contributed by atoms with Crippen molar-refractivity contribution in [1.29, 1.82) is 0 Å². The fourth-order valence-corrected chi connectivity index (χ4v) is 1.65. The van der Waals surface area contributed by atoms with Crippen molar-refractivity contribution < 1.29 is 18.8 Å². The van der Waals surface area contributed by atoms with E-state index in [4.69, 9.17) is 11.6 Å². The van der Waals surface area contributed by atoms with E-state index in [0.29, 0.717) is 0 Å². The predicted molar refractivity (Wildman–Crippen MR) is 74.7 cm³/mol. The van der Waals surface area contributed by atoms with E-state index in [9.17, 15) is 18.8 Å². The Hall–Kier alpha value is -2.15. The average molecular weight is 316 g/mol. The number of amides is 3. The molecule has 0 unspecified atom stereocenters. The van der Waals surface area contributed by atoms with Gasteiger partial charge < -0.3 is 5.32 Å². The molecule has 0 aliphatic carbocycles. The number of hydrogen-bond acceptors (Lipinski definition) is 3. The lowest BCUT2D eigenvalue weighted by molar-refractivity contribution is -0.141. The number of benzene rings is 1. The fraction of sp³-hybridized carbons (Fsp3) is 0.308. The molecule has 0 radical (unpaired) electrons. The maximum Gasteiger partial charge on any atom is 0.327 e. The van der Waals surface area contributed by atoms with E-state index in [1.54, 1.807) is 13.8 Å². The van der Waals surface area contributed by atoms with Gasteiger partial charge in [0.1, 0.15) is 5.82 Å². The molecule has 0 aliphatic heterocycles. The average Bonchev–Trinajstić information content (AvgIpc) is 2.39. The minimum absolute atomic E-state index is 0.0116. The van der Waals surface area contributed by atoms with Gasteiger partial charge in [-0.05, 0) is 26.0 Å². The summed E-state index contributed by atoms with van der Waals surface area (Å²) in [5.41, 5.74) is 3.96. The van der Waals surface area contributed by atoms with Crippen LogP contribution in [0.5, 0.6) is 0 Å². The van der Waals surface area contributed by atoms with Gasteiger partial charge in [-0.3, -0.25) is 25.2 Å². The summed E-state index contributed by atoms with van der Waals surface area (Å²) in [7, 11) is 0. The van der Waals surface area contributed by atoms with E-state index in [-0.39, 0.29) is 23.0 Å². The fourth-order valence-electron chi connectivity index (χ4n) is 1.42. The molecule has 0 atom stereocenters. The van der Waals surface area contributed by atoms with E-state index in [2.05, 4.69) is 5.32 Å². The van der Waals surface area contributed by atoms with Crippen LogP contribution in [0.15, 0.2) is 18.2 Å². The summed E-state index contributed by atoms with van der Waals surface area (Å²) in [4.78, 5) is 34.2. The number of hydrogen-bond donors (Lipinski definition) is 3. The maximum atomic E-state index is 13.5. The zero-order valence-electron chi connectivity index (χ0n) is 11.5. The van der Waals surface area contributed by atoms with Crippen LogP contribution in [0.1, 0.15) is 19.4 Å². The van der Waals surface area contributed by atoms with Crippen molar-refractivity contribution in [2.24, 2.45) is 0 Å². The first-order chi connectivity index (χ1) is 9.81. The SMILES string of the molecule is CC(C)NC(=O)C(=O)NNC(=O)Cc1c(F)cccc1Cl. The third kappa shape index (κ3) is 5.39. The van der Waals surface area contributed by atoms with Crippen LogP contribution in [-0.4, -0.2) is 23.8 Å². The molecule has 1 rings (SSSR count). The highest BCUT2D eigenvalue weighted by Crippen LogP contribution is 2.19. The largest absolute Gasteiger partial charge is 0.346 e. The molecule has 21 heavy (non-hydrogen) atoms. The van der Waals surface area contributed by atoms with Gasteiger partial charge in [0.05, 0.1) is 6.42 Å². The van der Waals surface area contributed by atoms with Gasteiger partial charge in [0, 0.05) is 16.6 Å². The van der Waals surface area contributed by atoms with Crippen molar-refractivity contribution in [3.05, 3.63) is 34.6 Å². The van der Waals surface area contributed by atoms with E-state index in [1.165, 1.54) is 18.2 Å². The van der Waals surface area contributed by atoms with E-state index < -0.39 is 23.5 Å². The molecule has 3 amide bonds. The van der Waals surface area contributed by atoms with Crippen LogP contribution in [0.3, 0.4) is 0 Å². The molecule has 0 saturated carbocycles. The maximum absolute atomic E-state index is 13.5. The van der Waals surface area contributed by atoms with Crippen LogP contribution >= 0.6 is 11.6 Å². The van der Waals surface area contributed by atoms with E-state index in [0.717, 1.165) is 0 Å². The molecule has 1 aromatic rings. The molecule has 0 fully saturated rings. The number of nitrogens with one attached hydrogen (secondary N) is 3. The lowest BCUT2D eigenvalue weighted by Gasteiger charge is -2.10. The minimum atomic E-state index is -1.02. The summed E-state index contributed by atoms with van der Waals surface area (Å²) in [5, 5.41) is 2.46. The number of hydrazine groups is 1. The third-order valence-corrected chi connectivity index (χ3v) is 2.69. The monoisotopic (exact) mass is 315 g/mol. The van der Waals surface area contributed by atoms with Gasteiger partial charge in [0.15, 0.2) is 0 Å². The topological polar surface area (TPSA) is 87.3 Å². The first-order valence-corrected chi connectivity index (χ1v) is 6.51. The molecule has 1 aromatic carbocycles. The molecule has 114 valence electrons. The predicted octanol–water partition coefficient (Wildman–Crippen LogP) is 0.694. The highest BCUT2D eigenvalue weighted by molar-refractivity contribution is 6.35. The lowest BCUT2D eigenvalue weighted by Crippen LogP contribution is -2.50. The summed E-state index contributed by atoms with van der Waals surface area (Å²) >= 11 is 5.77. The van der Waals surface area contributed by atoms with Crippen molar-refractivity contribution in [3.63, 3.8) is 0 Å². The molecule has 6 nitrogen and oxygen atoms in total. The van der Waals surface area contributed by atoms with E-state index >= 15 is 0 Å². The Balaban J connectivity index is 2.52. The second-order valence-corrected chi connectivity index (χ2v) is 4.91. The van der Waals surface area contributed by atoms with Crippen LogP contribution in [0, 0.1) is 5.82 Å². The third-order valence-electron chi connectivity index (χ3n) is 2.34. The summed E-state index contributed by atoms with van der Waals surface area (Å²) in [6.45, 7) is 3.37. The van der Waals surface area contributed by atoms with Gasteiger partial charge in [-0.2, -0.15) is 0 Å². The van der Waals surface area contributed by atoms with E-state index in [1.807, 2.05) is 10.9 Å². The van der Waals surface area contributed by atoms with Crippen molar-refractivity contribution in [3.8, 4) is 0 Å². The molecule has 0 heterocycles. The molecule has 0 aliphatic rings. The smallest absolute Gasteiger partial charge is 0.327 e. The van der Waals surface area contributed by atoms with Gasteiger partial charge in [-0.1, -0.05) is 17.7 Å². The van der Waals surface area contributed by atoms with Crippen LogP contribution < -0.4 is 16.2 Å². The standard InChI is InChI=1S/C13H15ClFN3O3/c1-7(2)16-12(20)13(21)18-17-11(19)6-8-9(14)4-3-5-10(8)15/h3-5,7H,6H2,1-2H3,(H,16,20)(H,17,19)(H,18,21). The van der Waals surface area contributed by atoms with Crippen LogP contribution in [0.25, 0.3) is 0 Å². The molecule has 8 heteroatoms. The molecule has 3 N–H and O–H groups in total. The first-order valence-electron chi connectivity index (χ1n) is 6.13. The van der Waals surface area contributed by atoms with Crippen LogP contribution in [0.4, 0.5) is 4.39 Å².